The summed E-state index contributed by atoms with van der Waals surface area (Å²) in [4.78, 5) is 22.9. The van der Waals surface area contributed by atoms with Crippen LogP contribution in [0.15, 0.2) is 24.3 Å². The molecular weight excluding hydrogens is 282 g/mol. The lowest BCUT2D eigenvalue weighted by molar-refractivity contribution is -0.384. The molecule has 0 aliphatic heterocycles. The van der Waals surface area contributed by atoms with Crippen molar-refractivity contribution in [3.05, 3.63) is 39.9 Å². The number of nitrogens with zero attached hydrogens (tertiary/aromatic N) is 1. The zero-order chi connectivity index (χ0) is 16.1. The fourth-order valence-corrected chi connectivity index (χ4v) is 3.22. The van der Waals surface area contributed by atoms with Crippen LogP contribution in [0.2, 0.25) is 0 Å². The fourth-order valence-electron chi connectivity index (χ4n) is 3.22. The summed E-state index contributed by atoms with van der Waals surface area (Å²) in [7, 11) is 0. The molecule has 6 heteroatoms. The molecule has 0 heterocycles. The lowest BCUT2D eigenvalue weighted by atomic mass is 9.94. The summed E-state index contributed by atoms with van der Waals surface area (Å²) in [6.07, 6.45) is 3.60. The van der Waals surface area contributed by atoms with Gasteiger partial charge in [-0.25, -0.2) is 0 Å². The van der Waals surface area contributed by atoms with Gasteiger partial charge >= 0.3 is 0 Å². The summed E-state index contributed by atoms with van der Waals surface area (Å²) in [5.41, 5.74) is 6.55. The van der Waals surface area contributed by atoms with E-state index in [1.165, 1.54) is 12.1 Å². The number of nitro groups is 1. The molecule has 2 rings (SSSR count). The number of nitrogens with two attached hydrogens (primary N) is 1. The van der Waals surface area contributed by atoms with Crippen molar-refractivity contribution in [3.8, 4) is 0 Å². The minimum atomic E-state index is -0.417. The fraction of sp³-hybridized carbons (Fsp3) is 0.562. The van der Waals surface area contributed by atoms with E-state index in [0.29, 0.717) is 13.0 Å². The van der Waals surface area contributed by atoms with Crippen molar-refractivity contribution in [2.24, 2.45) is 17.6 Å². The number of rotatable bonds is 6. The third-order valence-corrected chi connectivity index (χ3v) is 4.51. The van der Waals surface area contributed by atoms with E-state index < -0.39 is 4.92 Å². The van der Waals surface area contributed by atoms with Crippen LogP contribution in [0.5, 0.6) is 0 Å². The zero-order valence-corrected chi connectivity index (χ0v) is 12.8. The minimum Gasteiger partial charge on any atom is -0.349 e. The second-order valence-electron chi connectivity index (χ2n) is 5.85. The Morgan fingerprint density at radius 1 is 1.50 bits per heavy atom. The number of non-ortho nitro benzene ring substituents is 1. The van der Waals surface area contributed by atoms with Gasteiger partial charge in [0.25, 0.3) is 5.69 Å². The second-order valence-corrected chi connectivity index (χ2v) is 5.85. The van der Waals surface area contributed by atoms with E-state index in [1.807, 2.05) is 13.0 Å². The molecule has 0 radical (unpaired) electrons. The smallest absolute Gasteiger partial charge is 0.269 e. The first-order chi connectivity index (χ1) is 10.6. The first kappa shape index (κ1) is 16.4. The highest BCUT2D eigenvalue weighted by Gasteiger charge is 2.32. The van der Waals surface area contributed by atoms with Crippen molar-refractivity contribution < 1.29 is 9.72 Å². The van der Waals surface area contributed by atoms with Crippen LogP contribution in [0.25, 0.3) is 0 Å². The maximum Gasteiger partial charge on any atom is 0.269 e. The Hall–Kier alpha value is -1.95. The Kier molecular flexibility index (Phi) is 5.49. The lowest BCUT2D eigenvalue weighted by Crippen LogP contribution is -2.37. The van der Waals surface area contributed by atoms with Crippen LogP contribution in [0.4, 0.5) is 5.69 Å². The molecule has 1 amide bonds. The van der Waals surface area contributed by atoms with E-state index in [2.05, 4.69) is 5.32 Å². The van der Waals surface area contributed by atoms with Gasteiger partial charge in [-0.3, -0.25) is 14.9 Å². The highest BCUT2D eigenvalue weighted by molar-refractivity contribution is 5.79. The number of amides is 1. The number of carbonyl (C=O) groups excluding carboxylic acids is 1. The quantitative estimate of drug-likeness (QED) is 0.623. The van der Waals surface area contributed by atoms with Crippen LogP contribution >= 0.6 is 0 Å². The van der Waals surface area contributed by atoms with Crippen molar-refractivity contribution in [1.29, 1.82) is 0 Å². The van der Waals surface area contributed by atoms with E-state index in [1.54, 1.807) is 6.07 Å². The first-order valence-electron chi connectivity index (χ1n) is 7.81. The van der Waals surface area contributed by atoms with Gasteiger partial charge in [-0.1, -0.05) is 25.5 Å². The molecule has 120 valence electrons. The lowest BCUT2D eigenvalue weighted by Gasteiger charge is -2.22. The molecule has 1 aromatic carbocycles. The van der Waals surface area contributed by atoms with Crippen LogP contribution in [0, 0.1) is 22.0 Å². The van der Waals surface area contributed by atoms with E-state index in [0.717, 1.165) is 24.8 Å². The topological polar surface area (TPSA) is 98.3 Å². The molecular formula is C16H23N3O3. The molecule has 1 aliphatic rings. The van der Waals surface area contributed by atoms with Gasteiger partial charge in [0.15, 0.2) is 0 Å². The number of benzene rings is 1. The van der Waals surface area contributed by atoms with E-state index in [-0.39, 0.29) is 29.5 Å². The molecule has 1 fully saturated rings. The summed E-state index contributed by atoms with van der Waals surface area (Å²) in [5.74, 6) is 0.242. The molecule has 1 aliphatic carbocycles. The third-order valence-electron chi connectivity index (χ3n) is 4.51. The van der Waals surface area contributed by atoms with Crippen LogP contribution in [0.1, 0.15) is 44.2 Å². The normalized spacial score (nSPS) is 22.3. The molecule has 6 nitrogen and oxygen atoms in total. The number of nitro benzene ring substituents is 1. The third kappa shape index (κ3) is 3.62. The number of hydrogen-bond acceptors (Lipinski definition) is 4. The van der Waals surface area contributed by atoms with Crippen molar-refractivity contribution in [2.45, 2.75) is 38.6 Å². The molecule has 1 saturated carbocycles. The monoisotopic (exact) mass is 305 g/mol. The summed E-state index contributed by atoms with van der Waals surface area (Å²) in [5, 5.41) is 13.9. The van der Waals surface area contributed by atoms with Gasteiger partial charge in [0.2, 0.25) is 5.91 Å². The van der Waals surface area contributed by atoms with Gasteiger partial charge < -0.3 is 11.1 Å². The van der Waals surface area contributed by atoms with Crippen LogP contribution in [0.3, 0.4) is 0 Å². The highest BCUT2D eigenvalue weighted by Crippen LogP contribution is 2.32. The average molecular weight is 305 g/mol. The molecule has 0 saturated heterocycles. The highest BCUT2D eigenvalue weighted by atomic mass is 16.6. The molecule has 3 N–H and O–H groups in total. The van der Waals surface area contributed by atoms with Crippen LogP contribution in [-0.4, -0.2) is 17.4 Å². The maximum atomic E-state index is 12.5. The van der Waals surface area contributed by atoms with Crippen LogP contribution in [-0.2, 0) is 4.79 Å². The average Bonchev–Trinajstić information content (AvgIpc) is 3.01. The van der Waals surface area contributed by atoms with Gasteiger partial charge in [0.05, 0.1) is 11.0 Å². The predicted octanol–water partition coefficient (Wildman–Crippen LogP) is 2.54. The molecule has 1 unspecified atom stereocenters. The van der Waals surface area contributed by atoms with Crippen molar-refractivity contribution in [3.63, 3.8) is 0 Å². The molecule has 3 atom stereocenters. The Labute approximate surface area is 130 Å². The standard InChI is InChI=1S/C16H23N3O3/c1-2-15(11-5-3-7-13(9-11)19(21)22)18-16(20)14-8-4-6-12(14)10-17/h3,5,7,9,12,14-15H,2,4,6,8,10,17H2,1H3,(H,18,20)/t12-,14-,15?/m1/s1. The Balaban J connectivity index is 2.10. The largest absolute Gasteiger partial charge is 0.349 e. The van der Waals surface area contributed by atoms with Crippen molar-refractivity contribution >= 4 is 11.6 Å². The molecule has 22 heavy (non-hydrogen) atoms. The zero-order valence-electron chi connectivity index (χ0n) is 12.8. The van der Waals surface area contributed by atoms with E-state index in [4.69, 9.17) is 5.73 Å². The van der Waals surface area contributed by atoms with E-state index >= 15 is 0 Å². The predicted molar refractivity (Wildman–Crippen MR) is 84.2 cm³/mol. The minimum absolute atomic E-state index is 0.0197. The second kappa shape index (κ2) is 7.35. The van der Waals surface area contributed by atoms with E-state index in [9.17, 15) is 14.9 Å². The van der Waals surface area contributed by atoms with Crippen molar-refractivity contribution in [2.75, 3.05) is 6.54 Å². The molecule has 0 spiro atoms. The Bertz CT molecular complexity index is 547. The van der Waals surface area contributed by atoms with Gasteiger partial charge in [0, 0.05) is 18.1 Å². The molecule has 0 bridgehead atoms. The Morgan fingerprint density at radius 3 is 2.91 bits per heavy atom. The SMILES string of the molecule is CCC(NC(=O)[C@@H]1CCC[C@@H]1CN)c1cccc([N+](=O)[O-])c1. The van der Waals surface area contributed by atoms with Crippen LogP contribution < -0.4 is 11.1 Å². The van der Waals surface area contributed by atoms with Gasteiger partial charge in [-0.15, -0.1) is 0 Å². The number of hydrogen-bond donors (Lipinski definition) is 2. The first-order valence-corrected chi connectivity index (χ1v) is 7.81. The summed E-state index contributed by atoms with van der Waals surface area (Å²) in [6, 6.07) is 6.26. The maximum absolute atomic E-state index is 12.5. The summed E-state index contributed by atoms with van der Waals surface area (Å²) >= 11 is 0. The van der Waals surface area contributed by atoms with Gasteiger partial charge in [-0.2, -0.15) is 0 Å². The summed E-state index contributed by atoms with van der Waals surface area (Å²) in [6.45, 7) is 2.49. The summed E-state index contributed by atoms with van der Waals surface area (Å²) < 4.78 is 0. The van der Waals surface area contributed by atoms with Gasteiger partial charge in [0.1, 0.15) is 0 Å². The van der Waals surface area contributed by atoms with Gasteiger partial charge in [-0.05, 0) is 37.3 Å². The number of carbonyl (C=O) groups is 1. The molecule has 0 aromatic heterocycles. The number of nitrogens with one attached hydrogen (secondary N) is 1. The molecule has 1 aromatic rings. The Morgan fingerprint density at radius 2 is 2.27 bits per heavy atom. The van der Waals surface area contributed by atoms with Crippen molar-refractivity contribution in [1.82, 2.24) is 5.32 Å².